The second-order valence-electron chi connectivity index (χ2n) is 3.56. The van der Waals surface area contributed by atoms with E-state index in [1.165, 1.54) is 12.8 Å². The molecule has 0 spiro atoms. The number of carbonyl (C=O) groups excluding carboxylic acids is 1. The molecule has 1 fully saturated rings. The first-order chi connectivity index (χ1) is 6.68. The average molecular weight is 201 g/mol. The average Bonchev–Trinajstić information content (AvgIpc) is 2.56. The van der Waals surface area contributed by atoms with Crippen molar-refractivity contribution in [1.82, 2.24) is 5.48 Å². The third kappa shape index (κ3) is 4.23. The first-order valence-electron chi connectivity index (χ1n) is 4.81. The molecule has 80 valence electrons. The van der Waals surface area contributed by atoms with Crippen LogP contribution in [0.1, 0.15) is 32.1 Å². The van der Waals surface area contributed by atoms with Gasteiger partial charge in [-0.05, 0) is 18.8 Å². The Morgan fingerprint density at radius 1 is 1.36 bits per heavy atom. The molecule has 0 aliphatic heterocycles. The second kappa shape index (κ2) is 5.59. The lowest BCUT2D eigenvalue weighted by molar-refractivity contribution is -0.149. The van der Waals surface area contributed by atoms with E-state index in [4.69, 9.17) is 5.11 Å². The summed E-state index contributed by atoms with van der Waals surface area (Å²) < 4.78 is 0. The fraction of sp³-hybridized carbons (Fsp3) is 0.778. The van der Waals surface area contributed by atoms with Gasteiger partial charge in [0.25, 0.3) is 0 Å². The highest BCUT2D eigenvalue weighted by Crippen LogP contribution is 2.27. The maximum Gasteiger partial charge on any atom is 0.332 e. The normalized spacial score (nSPS) is 16.9. The molecule has 2 N–H and O–H groups in total. The smallest absolute Gasteiger partial charge is 0.332 e. The molecule has 0 heterocycles. The van der Waals surface area contributed by atoms with Gasteiger partial charge in [-0.1, -0.05) is 12.8 Å². The third-order valence-electron chi connectivity index (χ3n) is 2.33. The van der Waals surface area contributed by atoms with Crippen molar-refractivity contribution in [2.45, 2.75) is 32.1 Å². The van der Waals surface area contributed by atoms with Crippen LogP contribution < -0.4 is 5.48 Å². The maximum absolute atomic E-state index is 11.2. The minimum absolute atomic E-state index is 0.224. The Morgan fingerprint density at radius 3 is 2.57 bits per heavy atom. The van der Waals surface area contributed by atoms with Crippen molar-refractivity contribution in [3.8, 4) is 0 Å². The van der Waals surface area contributed by atoms with Crippen molar-refractivity contribution in [2.75, 3.05) is 6.61 Å². The zero-order chi connectivity index (χ0) is 10.4. The van der Waals surface area contributed by atoms with Gasteiger partial charge in [0.15, 0.2) is 6.61 Å². The summed E-state index contributed by atoms with van der Waals surface area (Å²) in [5.74, 6) is -0.868. The Labute approximate surface area is 82.4 Å². The summed E-state index contributed by atoms with van der Waals surface area (Å²) in [5, 5.41) is 8.23. The highest BCUT2D eigenvalue weighted by atomic mass is 16.7. The molecule has 0 radical (unpaired) electrons. The Morgan fingerprint density at radius 2 is 2.00 bits per heavy atom. The van der Waals surface area contributed by atoms with E-state index >= 15 is 0 Å². The summed E-state index contributed by atoms with van der Waals surface area (Å²) in [7, 11) is 0. The molecule has 0 atom stereocenters. The van der Waals surface area contributed by atoms with Crippen LogP contribution in [-0.4, -0.2) is 23.6 Å². The fourth-order valence-electron chi connectivity index (χ4n) is 1.70. The van der Waals surface area contributed by atoms with Gasteiger partial charge in [0, 0.05) is 6.42 Å². The predicted molar refractivity (Wildman–Crippen MR) is 48.3 cm³/mol. The summed E-state index contributed by atoms with van der Waals surface area (Å²) in [5.41, 5.74) is 2.12. The van der Waals surface area contributed by atoms with Crippen molar-refractivity contribution in [1.29, 1.82) is 0 Å². The van der Waals surface area contributed by atoms with Gasteiger partial charge in [-0.2, -0.15) is 0 Å². The molecule has 5 nitrogen and oxygen atoms in total. The largest absolute Gasteiger partial charge is 0.479 e. The molecule has 0 aromatic rings. The van der Waals surface area contributed by atoms with E-state index in [-0.39, 0.29) is 5.91 Å². The van der Waals surface area contributed by atoms with Gasteiger partial charge in [0.2, 0.25) is 5.91 Å². The van der Waals surface area contributed by atoms with Crippen LogP contribution in [0, 0.1) is 5.92 Å². The van der Waals surface area contributed by atoms with E-state index in [0.29, 0.717) is 12.3 Å². The van der Waals surface area contributed by atoms with E-state index < -0.39 is 12.6 Å². The molecule has 1 rings (SSSR count). The first kappa shape index (κ1) is 11.0. The van der Waals surface area contributed by atoms with Crippen LogP contribution in [0.15, 0.2) is 0 Å². The summed E-state index contributed by atoms with van der Waals surface area (Å²) in [6, 6.07) is 0. The molecule has 14 heavy (non-hydrogen) atoms. The molecule has 0 bridgehead atoms. The van der Waals surface area contributed by atoms with E-state index in [9.17, 15) is 9.59 Å². The van der Waals surface area contributed by atoms with Crippen LogP contribution in [0.4, 0.5) is 0 Å². The lowest BCUT2D eigenvalue weighted by Crippen LogP contribution is -2.27. The van der Waals surface area contributed by atoms with E-state index in [1.807, 2.05) is 0 Å². The highest BCUT2D eigenvalue weighted by Gasteiger charge is 2.18. The summed E-state index contributed by atoms with van der Waals surface area (Å²) in [4.78, 5) is 25.7. The van der Waals surface area contributed by atoms with E-state index in [1.54, 1.807) is 0 Å². The van der Waals surface area contributed by atoms with Gasteiger partial charge in [0.1, 0.15) is 0 Å². The number of hydroxylamine groups is 1. The molecule has 1 amide bonds. The van der Waals surface area contributed by atoms with Gasteiger partial charge in [-0.25, -0.2) is 10.3 Å². The molecule has 5 heteroatoms. The van der Waals surface area contributed by atoms with Gasteiger partial charge in [0.05, 0.1) is 0 Å². The predicted octanol–water partition coefficient (Wildman–Crippen LogP) is 0.699. The summed E-state index contributed by atoms with van der Waals surface area (Å²) >= 11 is 0. The Hall–Kier alpha value is -1.10. The summed E-state index contributed by atoms with van der Waals surface area (Å²) in [6.45, 7) is -0.490. The zero-order valence-corrected chi connectivity index (χ0v) is 7.99. The topological polar surface area (TPSA) is 75.6 Å². The van der Waals surface area contributed by atoms with Gasteiger partial charge in [-0.15, -0.1) is 0 Å². The number of aliphatic carboxylic acids is 1. The van der Waals surface area contributed by atoms with Crippen molar-refractivity contribution in [2.24, 2.45) is 5.92 Å². The molecule has 1 aliphatic rings. The number of nitrogens with one attached hydrogen (secondary N) is 1. The Bertz CT molecular complexity index is 211. The number of amides is 1. The Kier molecular flexibility index (Phi) is 4.39. The fourth-order valence-corrected chi connectivity index (χ4v) is 1.70. The molecule has 0 saturated heterocycles. The van der Waals surface area contributed by atoms with Crippen molar-refractivity contribution in [3.05, 3.63) is 0 Å². The number of carboxylic acid groups (broad SMARTS) is 1. The first-order valence-corrected chi connectivity index (χ1v) is 4.81. The monoisotopic (exact) mass is 201 g/mol. The van der Waals surface area contributed by atoms with Crippen molar-refractivity contribution < 1.29 is 19.5 Å². The highest BCUT2D eigenvalue weighted by molar-refractivity contribution is 5.75. The molecular weight excluding hydrogens is 186 g/mol. The van der Waals surface area contributed by atoms with Crippen molar-refractivity contribution >= 4 is 11.9 Å². The number of carboxylic acids is 1. The van der Waals surface area contributed by atoms with Crippen LogP contribution in [0.25, 0.3) is 0 Å². The number of rotatable bonds is 5. The Balaban J connectivity index is 2.06. The molecular formula is C9H15NO4. The maximum atomic E-state index is 11.2. The SMILES string of the molecule is O=C(O)CONC(=O)CC1CCCC1. The lowest BCUT2D eigenvalue weighted by atomic mass is 10.0. The second-order valence-corrected chi connectivity index (χ2v) is 3.56. The van der Waals surface area contributed by atoms with Crippen molar-refractivity contribution in [3.63, 3.8) is 0 Å². The molecule has 1 aliphatic carbocycles. The number of hydrogen-bond acceptors (Lipinski definition) is 3. The summed E-state index contributed by atoms with van der Waals surface area (Å²) in [6.07, 6.45) is 5.00. The molecule has 0 aromatic carbocycles. The van der Waals surface area contributed by atoms with Crippen LogP contribution >= 0.6 is 0 Å². The quantitative estimate of drug-likeness (QED) is 0.642. The van der Waals surface area contributed by atoms with Crippen LogP contribution in [0.5, 0.6) is 0 Å². The minimum atomic E-state index is -1.09. The molecule has 1 saturated carbocycles. The third-order valence-corrected chi connectivity index (χ3v) is 2.33. The van der Waals surface area contributed by atoms with Gasteiger partial charge in [-0.3, -0.25) is 9.63 Å². The lowest BCUT2D eigenvalue weighted by Gasteiger charge is -2.08. The number of carbonyl (C=O) groups is 2. The van der Waals surface area contributed by atoms with Crippen LogP contribution in [0.2, 0.25) is 0 Å². The van der Waals surface area contributed by atoms with E-state index in [0.717, 1.165) is 12.8 Å². The standard InChI is InChI=1S/C9H15NO4/c11-8(10-14-6-9(12)13)5-7-3-1-2-4-7/h7H,1-6H2,(H,10,11)(H,12,13). The van der Waals surface area contributed by atoms with E-state index in [2.05, 4.69) is 10.3 Å². The van der Waals surface area contributed by atoms with Gasteiger partial charge >= 0.3 is 5.97 Å². The molecule has 0 aromatic heterocycles. The molecule has 0 unspecified atom stereocenters. The minimum Gasteiger partial charge on any atom is -0.479 e. The number of hydrogen-bond donors (Lipinski definition) is 2. The van der Waals surface area contributed by atoms with Crippen LogP contribution in [0.3, 0.4) is 0 Å². The van der Waals surface area contributed by atoms with Gasteiger partial charge < -0.3 is 5.11 Å². The van der Waals surface area contributed by atoms with Crippen LogP contribution in [-0.2, 0) is 14.4 Å². The zero-order valence-electron chi connectivity index (χ0n) is 7.99.